The van der Waals surface area contributed by atoms with Crippen molar-refractivity contribution >= 4 is 11.8 Å². The van der Waals surface area contributed by atoms with Crippen molar-refractivity contribution in [1.82, 2.24) is 0 Å². The Bertz CT molecular complexity index is 292. The minimum absolute atomic E-state index is 0. The molecule has 0 atom stereocenters. The summed E-state index contributed by atoms with van der Waals surface area (Å²) in [4.78, 5) is 21.8. The van der Waals surface area contributed by atoms with Crippen molar-refractivity contribution in [1.29, 1.82) is 0 Å². The van der Waals surface area contributed by atoms with E-state index in [1.54, 1.807) is 18.2 Å². The molecule has 1 aliphatic rings. The fourth-order valence-corrected chi connectivity index (χ4v) is 0.721. The van der Waals surface area contributed by atoms with Gasteiger partial charge in [0.25, 0.3) is 0 Å². The summed E-state index contributed by atoms with van der Waals surface area (Å²) in [7, 11) is 0. The number of hydrogen-bond donors (Lipinski definition) is 0. The Hall–Kier alpha value is -0.00364. The molecule has 1 rings (SSSR count). The summed E-state index contributed by atoms with van der Waals surface area (Å²) in [6.45, 7) is 3.46. The molecule has 0 N–H and O–H groups in total. The number of hydrogen-bond acceptors (Lipinski definition) is 2. The number of carbonyl (C=O) groups is 2. The van der Waals surface area contributed by atoms with Crippen LogP contribution in [-0.4, -0.2) is 11.8 Å². The Morgan fingerprint density at radius 3 is 2.69 bits per heavy atom. The summed E-state index contributed by atoms with van der Waals surface area (Å²) < 4.78 is 0. The SMILES string of the molecule is C=C1/C=C\C=C/CC(=O)[N-]C1=O.[K+]. The van der Waals surface area contributed by atoms with Gasteiger partial charge in [-0.25, -0.2) is 0 Å². The van der Waals surface area contributed by atoms with Gasteiger partial charge < -0.3 is 14.9 Å². The van der Waals surface area contributed by atoms with E-state index < -0.39 is 11.8 Å². The molecule has 0 aliphatic carbocycles. The van der Waals surface area contributed by atoms with Crippen molar-refractivity contribution < 1.29 is 61.0 Å². The molecule has 0 fully saturated rings. The maximum Gasteiger partial charge on any atom is 1.00 e. The third-order valence-electron chi connectivity index (χ3n) is 1.34. The second-order valence-electron chi connectivity index (χ2n) is 2.33. The molecule has 0 unspecified atom stereocenters. The fraction of sp³-hybridized carbons (Fsp3) is 0.111. The van der Waals surface area contributed by atoms with Crippen molar-refractivity contribution in [2.24, 2.45) is 0 Å². The third kappa shape index (κ3) is 4.68. The molecule has 0 aromatic carbocycles. The van der Waals surface area contributed by atoms with Gasteiger partial charge in [0.05, 0.1) is 11.8 Å². The number of rotatable bonds is 0. The van der Waals surface area contributed by atoms with Crippen molar-refractivity contribution in [3.63, 3.8) is 0 Å². The van der Waals surface area contributed by atoms with Crippen LogP contribution < -0.4 is 51.4 Å². The smallest absolute Gasteiger partial charge is 0.591 e. The van der Waals surface area contributed by atoms with Crippen LogP contribution in [0.3, 0.4) is 0 Å². The van der Waals surface area contributed by atoms with Crippen molar-refractivity contribution in [2.45, 2.75) is 6.42 Å². The summed E-state index contributed by atoms with van der Waals surface area (Å²) in [6, 6.07) is 0. The minimum Gasteiger partial charge on any atom is -0.591 e. The zero-order valence-electron chi connectivity index (χ0n) is 7.49. The molecule has 0 bridgehead atoms. The van der Waals surface area contributed by atoms with E-state index in [4.69, 9.17) is 0 Å². The average molecular weight is 201 g/mol. The minimum atomic E-state index is -0.556. The van der Waals surface area contributed by atoms with E-state index in [1.807, 2.05) is 0 Å². The Balaban J connectivity index is 0.00000144. The zero-order valence-corrected chi connectivity index (χ0v) is 10.6. The Kier molecular flexibility index (Phi) is 6.45. The number of amides is 2. The van der Waals surface area contributed by atoms with Gasteiger partial charge in [-0.3, -0.25) is 0 Å². The molecule has 0 spiro atoms. The van der Waals surface area contributed by atoms with Gasteiger partial charge in [-0.05, 0) is 5.57 Å². The van der Waals surface area contributed by atoms with Gasteiger partial charge in [0, 0.05) is 6.42 Å². The van der Waals surface area contributed by atoms with Gasteiger partial charge in [-0.2, -0.15) is 0 Å². The Morgan fingerprint density at radius 1 is 1.31 bits per heavy atom. The van der Waals surface area contributed by atoms with Gasteiger partial charge in [-0.1, -0.05) is 30.9 Å². The average Bonchev–Trinajstić information content (AvgIpc) is 2.07. The number of carbonyl (C=O) groups excluding carboxylic acids is 2. The predicted octanol–water partition coefficient (Wildman–Crippen LogP) is -1.51. The predicted molar refractivity (Wildman–Crippen MR) is 45.4 cm³/mol. The first kappa shape index (κ1) is 13.0. The second kappa shape index (κ2) is 6.45. The quantitative estimate of drug-likeness (QED) is 0.272. The van der Waals surface area contributed by atoms with Gasteiger partial charge in [0.15, 0.2) is 0 Å². The van der Waals surface area contributed by atoms with Gasteiger partial charge >= 0.3 is 51.4 Å². The summed E-state index contributed by atoms with van der Waals surface area (Å²) in [5.41, 5.74) is 0.231. The van der Waals surface area contributed by atoms with E-state index in [9.17, 15) is 9.59 Å². The first-order valence-electron chi connectivity index (χ1n) is 3.51. The van der Waals surface area contributed by atoms with Crippen LogP contribution in [0, 0.1) is 0 Å². The zero-order chi connectivity index (χ0) is 8.97. The third-order valence-corrected chi connectivity index (χ3v) is 1.34. The van der Waals surface area contributed by atoms with Gasteiger partial charge in [0.1, 0.15) is 0 Å². The Labute approximate surface area is 119 Å². The van der Waals surface area contributed by atoms with Crippen LogP contribution >= 0.6 is 0 Å². The number of nitrogens with zero attached hydrogens (tertiary/aromatic N) is 1. The van der Waals surface area contributed by atoms with Crippen LogP contribution in [0.25, 0.3) is 5.32 Å². The van der Waals surface area contributed by atoms with Crippen molar-refractivity contribution in [2.75, 3.05) is 0 Å². The normalized spacial score (nSPS) is 21.7. The molecule has 0 saturated heterocycles. The first-order valence-corrected chi connectivity index (χ1v) is 3.51. The molecule has 13 heavy (non-hydrogen) atoms. The van der Waals surface area contributed by atoms with E-state index >= 15 is 0 Å². The molecule has 4 heteroatoms. The second-order valence-corrected chi connectivity index (χ2v) is 2.33. The summed E-state index contributed by atoms with van der Waals surface area (Å²) in [6.07, 6.45) is 6.70. The number of allylic oxidation sites excluding steroid dienone is 2. The van der Waals surface area contributed by atoms with E-state index in [1.165, 1.54) is 6.08 Å². The van der Waals surface area contributed by atoms with E-state index in [2.05, 4.69) is 11.9 Å². The molecule has 1 aliphatic heterocycles. The van der Waals surface area contributed by atoms with Crippen LogP contribution in [-0.2, 0) is 9.59 Å². The van der Waals surface area contributed by atoms with Crippen LogP contribution in [0.15, 0.2) is 36.5 Å². The molecular formula is C9H8KNO2. The van der Waals surface area contributed by atoms with Crippen LogP contribution in [0.1, 0.15) is 6.42 Å². The van der Waals surface area contributed by atoms with E-state index in [0.29, 0.717) is 0 Å². The standard InChI is InChI=1S/C9H9NO2.K/c1-7-5-3-2-4-6-8(11)10-9(7)12;/h2-5H,1,6H2,(H,10,11,12);/q;+1/p-1/b4-2-,5-3-;. The van der Waals surface area contributed by atoms with Crippen LogP contribution in [0.2, 0.25) is 0 Å². The molecule has 0 radical (unpaired) electrons. The molecule has 2 amide bonds. The molecule has 0 aromatic heterocycles. The van der Waals surface area contributed by atoms with Crippen molar-refractivity contribution in [3.05, 3.63) is 41.8 Å². The maximum absolute atomic E-state index is 11.0. The molecular weight excluding hydrogens is 193 g/mol. The molecule has 0 aromatic rings. The summed E-state index contributed by atoms with van der Waals surface area (Å²) in [5, 5.41) is 3.30. The van der Waals surface area contributed by atoms with E-state index in [-0.39, 0.29) is 63.4 Å². The van der Waals surface area contributed by atoms with Crippen LogP contribution in [0.5, 0.6) is 0 Å². The summed E-state index contributed by atoms with van der Waals surface area (Å²) in [5.74, 6) is -0.985. The van der Waals surface area contributed by atoms with Gasteiger partial charge in [0.2, 0.25) is 0 Å². The van der Waals surface area contributed by atoms with Gasteiger partial charge in [-0.15, -0.1) is 0 Å². The monoisotopic (exact) mass is 201 g/mol. The topological polar surface area (TPSA) is 48.2 Å². The van der Waals surface area contributed by atoms with Crippen LogP contribution in [0.4, 0.5) is 0 Å². The maximum atomic E-state index is 11.0. The number of imide groups is 1. The Morgan fingerprint density at radius 2 is 2.00 bits per heavy atom. The fourth-order valence-electron chi connectivity index (χ4n) is 0.721. The molecule has 3 nitrogen and oxygen atoms in total. The largest absolute Gasteiger partial charge is 1.00 e. The molecule has 0 saturated carbocycles. The molecule has 1 heterocycles. The summed E-state index contributed by atoms with van der Waals surface area (Å²) >= 11 is 0. The first-order chi connectivity index (χ1) is 5.70. The van der Waals surface area contributed by atoms with E-state index in [0.717, 1.165) is 0 Å². The van der Waals surface area contributed by atoms with Crippen molar-refractivity contribution in [3.8, 4) is 0 Å². The molecule has 62 valence electrons.